The molecule has 0 bridgehead atoms. The van der Waals surface area contributed by atoms with Gasteiger partial charge in [0.15, 0.2) is 6.07 Å². The molecule has 7 heteroatoms. The number of halogens is 1. The summed E-state index contributed by atoms with van der Waals surface area (Å²) in [5, 5.41) is 2.41. The lowest BCUT2D eigenvalue weighted by atomic mass is 10.2. The van der Waals surface area contributed by atoms with Crippen molar-refractivity contribution in [3.63, 3.8) is 0 Å². The van der Waals surface area contributed by atoms with Crippen molar-refractivity contribution < 1.29 is 23.8 Å². The van der Waals surface area contributed by atoms with Gasteiger partial charge in [0.1, 0.15) is 12.2 Å². The number of amides is 1. The van der Waals surface area contributed by atoms with Crippen LogP contribution in [0.15, 0.2) is 0 Å². The molecular formula is C9H16ClNO5. The molecule has 0 aromatic rings. The smallest absolute Gasteiger partial charge is 0.444 e. The molecule has 0 aliphatic rings. The van der Waals surface area contributed by atoms with Crippen LogP contribution >= 0.6 is 11.6 Å². The quantitative estimate of drug-likeness (QED) is 0.470. The fourth-order valence-corrected chi connectivity index (χ4v) is 0.777. The molecule has 0 unspecified atom stereocenters. The van der Waals surface area contributed by atoms with Crippen LogP contribution < -0.4 is 5.32 Å². The average Bonchev–Trinajstić information content (AvgIpc) is 2.10. The molecule has 6 nitrogen and oxygen atoms in total. The van der Waals surface area contributed by atoms with E-state index < -0.39 is 17.8 Å². The number of rotatable bonds is 4. The van der Waals surface area contributed by atoms with E-state index in [0.717, 1.165) is 0 Å². The minimum Gasteiger partial charge on any atom is -0.444 e. The molecule has 1 N–H and O–H groups in total. The third-order valence-electron chi connectivity index (χ3n) is 1.16. The first-order valence-corrected chi connectivity index (χ1v) is 5.21. The molecule has 0 fully saturated rings. The summed E-state index contributed by atoms with van der Waals surface area (Å²) in [5.74, 6) is 0. The summed E-state index contributed by atoms with van der Waals surface area (Å²) in [7, 11) is 0. The van der Waals surface area contributed by atoms with Gasteiger partial charge in [-0.15, -0.1) is 0 Å². The molecule has 0 aromatic heterocycles. The van der Waals surface area contributed by atoms with Crippen LogP contribution in [0, 0.1) is 0 Å². The van der Waals surface area contributed by atoms with Crippen LogP contribution in [0.5, 0.6) is 0 Å². The number of ether oxygens (including phenoxy) is 3. The van der Waals surface area contributed by atoms with Gasteiger partial charge < -0.3 is 19.5 Å². The third-order valence-corrected chi connectivity index (χ3v) is 1.27. The monoisotopic (exact) mass is 253 g/mol. The van der Waals surface area contributed by atoms with E-state index >= 15 is 0 Å². The average molecular weight is 254 g/mol. The minimum absolute atomic E-state index is 0.00499. The molecule has 0 atom stereocenters. The van der Waals surface area contributed by atoms with Crippen molar-refractivity contribution in [2.24, 2.45) is 0 Å². The zero-order valence-electron chi connectivity index (χ0n) is 9.54. The second kappa shape index (κ2) is 7.16. The second-order valence-electron chi connectivity index (χ2n) is 3.78. The molecule has 0 saturated heterocycles. The van der Waals surface area contributed by atoms with Gasteiger partial charge in [0.25, 0.3) is 0 Å². The summed E-state index contributed by atoms with van der Waals surface area (Å²) in [6.07, 6.45) is -1.44. The van der Waals surface area contributed by atoms with Crippen LogP contribution in [0.1, 0.15) is 20.8 Å². The predicted molar refractivity (Wildman–Crippen MR) is 57.4 cm³/mol. The summed E-state index contributed by atoms with van der Waals surface area (Å²) in [6.45, 7) is 5.39. The SMILES string of the molecule is CC(C)(C)OC(=O)NCCOC(=O)OCCl. The van der Waals surface area contributed by atoms with Crippen LogP contribution in [0.2, 0.25) is 0 Å². The van der Waals surface area contributed by atoms with E-state index in [2.05, 4.69) is 14.8 Å². The minimum atomic E-state index is -0.874. The number of hydrogen-bond acceptors (Lipinski definition) is 5. The number of alkyl carbamates (subject to hydrolysis) is 1. The molecular weight excluding hydrogens is 238 g/mol. The molecule has 1 amide bonds. The molecule has 0 spiro atoms. The second-order valence-corrected chi connectivity index (χ2v) is 4.00. The molecule has 16 heavy (non-hydrogen) atoms. The highest BCUT2D eigenvalue weighted by Crippen LogP contribution is 2.05. The maximum atomic E-state index is 11.1. The topological polar surface area (TPSA) is 73.9 Å². The predicted octanol–water partition coefficient (Wildman–Crippen LogP) is 1.86. The van der Waals surface area contributed by atoms with E-state index in [0.29, 0.717) is 0 Å². The molecule has 0 aliphatic heterocycles. The Balaban J connectivity index is 3.52. The maximum Gasteiger partial charge on any atom is 0.509 e. The van der Waals surface area contributed by atoms with Gasteiger partial charge in [-0.3, -0.25) is 0 Å². The van der Waals surface area contributed by atoms with Crippen LogP contribution in [-0.2, 0) is 14.2 Å². The van der Waals surface area contributed by atoms with E-state index in [-0.39, 0.29) is 19.2 Å². The third kappa shape index (κ3) is 9.39. The van der Waals surface area contributed by atoms with Crippen molar-refractivity contribution in [2.45, 2.75) is 26.4 Å². The molecule has 0 rings (SSSR count). The summed E-state index contributed by atoms with van der Waals surface area (Å²) < 4.78 is 13.8. The lowest BCUT2D eigenvalue weighted by Gasteiger charge is -2.19. The standard InChI is InChI=1S/C9H16ClNO5/c1-9(2,3)16-7(12)11-4-5-14-8(13)15-6-10/h4-6H2,1-3H3,(H,11,12). The fraction of sp³-hybridized carbons (Fsp3) is 0.778. The van der Waals surface area contributed by atoms with Crippen LogP contribution in [0.25, 0.3) is 0 Å². The largest absolute Gasteiger partial charge is 0.509 e. The van der Waals surface area contributed by atoms with Crippen molar-refractivity contribution in [3.8, 4) is 0 Å². The molecule has 0 aliphatic carbocycles. The molecule has 0 heterocycles. The maximum absolute atomic E-state index is 11.1. The Hall–Kier alpha value is -1.17. The lowest BCUT2D eigenvalue weighted by molar-refractivity contribution is 0.0470. The zero-order valence-corrected chi connectivity index (χ0v) is 10.3. The molecule has 94 valence electrons. The highest BCUT2D eigenvalue weighted by molar-refractivity contribution is 6.17. The van der Waals surface area contributed by atoms with Crippen LogP contribution in [0.4, 0.5) is 9.59 Å². The summed E-state index contributed by atoms with van der Waals surface area (Å²) in [6, 6.07) is -0.266. The van der Waals surface area contributed by atoms with Gasteiger partial charge in [0, 0.05) is 0 Å². The van der Waals surface area contributed by atoms with Crippen LogP contribution in [-0.4, -0.2) is 37.1 Å². The van der Waals surface area contributed by atoms with Gasteiger partial charge in [-0.25, -0.2) is 9.59 Å². The van der Waals surface area contributed by atoms with Crippen molar-refractivity contribution in [1.29, 1.82) is 0 Å². The van der Waals surface area contributed by atoms with Crippen molar-refractivity contribution in [1.82, 2.24) is 5.32 Å². The van der Waals surface area contributed by atoms with Gasteiger partial charge in [0.05, 0.1) is 6.54 Å². The number of carbonyl (C=O) groups excluding carboxylic acids is 2. The summed E-state index contributed by atoms with van der Waals surface area (Å²) >= 11 is 5.12. The van der Waals surface area contributed by atoms with Gasteiger partial charge in [0.2, 0.25) is 0 Å². The first kappa shape index (κ1) is 14.8. The Labute approximate surface area is 99.2 Å². The van der Waals surface area contributed by atoms with Crippen molar-refractivity contribution >= 4 is 23.8 Å². The van der Waals surface area contributed by atoms with Gasteiger partial charge in [-0.2, -0.15) is 0 Å². The highest BCUT2D eigenvalue weighted by Gasteiger charge is 2.15. The normalized spacial score (nSPS) is 10.5. The number of hydrogen-bond donors (Lipinski definition) is 1. The molecule has 0 aromatic carbocycles. The number of alkyl halides is 1. The summed E-state index contributed by atoms with van der Waals surface area (Å²) in [4.78, 5) is 21.7. The van der Waals surface area contributed by atoms with Gasteiger partial charge in [-0.1, -0.05) is 11.6 Å². The Morgan fingerprint density at radius 3 is 2.38 bits per heavy atom. The Morgan fingerprint density at radius 2 is 1.88 bits per heavy atom. The first-order chi connectivity index (χ1) is 7.35. The Kier molecular flexibility index (Phi) is 6.64. The van der Waals surface area contributed by atoms with Gasteiger partial charge >= 0.3 is 12.2 Å². The van der Waals surface area contributed by atoms with Crippen molar-refractivity contribution in [2.75, 3.05) is 19.2 Å². The van der Waals surface area contributed by atoms with Gasteiger partial charge in [-0.05, 0) is 20.8 Å². The number of carbonyl (C=O) groups is 2. The lowest BCUT2D eigenvalue weighted by Crippen LogP contribution is -2.34. The highest BCUT2D eigenvalue weighted by atomic mass is 35.5. The van der Waals surface area contributed by atoms with E-state index in [9.17, 15) is 9.59 Å². The zero-order chi connectivity index (χ0) is 12.6. The van der Waals surface area contributed by atoms with E-state index in [1.165, 1.54) is 0 Å². The van der Waals surface area contributed by atoms with E-state index in [1.807, 2.05) is 0 Å². The number of nitrogens with one attached hydrogen (secondary N) is 1. The fourth-order valence-electron chi connectivity index (χ4n) is 0.688. The molecule has 0 saturated carbocycles. The van der Waals surface area contributed by atoms with Crippen molar-refractivity contribution in [3.05, 3.63) is 0 Å². The first-order valence-electron chi connectivity index (χ1n) is 4.67. The van der Waals surface area contributed by atoms with E-state index in [1.54, 1.807) is 20.8 Å². The molecule has 0 radical (unpaired) electrons. The Bertz CT molecular complexity index is 239. The Morgan fingerprint density at radius 1 is 1.25 bits per heavy atom. The van der Waals surface area contributed by atoms with Crippen LogP contribution in [0.3, 0.4) is 0 Å². The summed E-state index contributed by atoms with van der Waals surface area (Å²) in [5.41, 5.74) is -0.553. The van der Waals surface area contributed by atoms with E-state index in [4.69, 9.17) is 16.3 Å².